The Kier molecular flexibility index (Phi) is 6.11. The average molecular weight is 397 g/mol. The van der Waals surface area contributed by atoms with Gasteiger partial charge < -0.3 is 19.5 Å². The van der Waals surface area contributed by atoms with Gasteiger partial charge in [0.25, 0.3) is 0 Å². The minimum atomic E-state index is -0.613. The second kappa shape index (κ2) is 8.55. The van der Waals surface area contributed by atoms with Crippen molar-refractivity contribution in [1.29, 1.82) is 0 Å². The third-order valence-corrected chi connectivity index (χ3v) is 5.10. The molecule has 0 spiro atoms. The highest BCUT2D eigenvalue weighted by molar-refractivity contribution is 5.99. The van der Waals surface area contributed by atoms with E-state index in [1.54, 1.807) is 13.8 Å². The van der Waals surface area contributed by atoms with Crippen molar-refractivity contribution in [2.75, 3.05) is 13.2 Å². The lowest BCUT2D eigenvalue weighted by Gasteiger charge is -2.35. The molecule has 2 heterocycles. The third kappa shape index (κ3) is 3.92. The fourth-order valence-electron chi connectivity index (χ4n) is 3.87. The van der Waals surface area contributed by atoms with Crippen molar-refractivity contribution in [3.63, 3.8) is 0 Å². The van der Waals surface area contributed by atoms with E-state index in [2.05, 4.69) is 5.32 Å². The molecule has 0 radical (unpaired) electrons. The highest BCUT2D eigenvalue weighted by Gasteiger charge is 2.41. The molecule has 1 N–H and O–H groups in total. The summed E-state index contributed by atoms with van der Waals surface area (Å²) in [6, 6.07) is 7.69. The first kappa shape index (κ1) is 20.7. The molecule has 0 saturated heterocycles. The number of esters is 2. The minimum Gasteiger partial charge on any atom is -0.486 e. The van der Waals surface area contributed by atoms with Crippen molar-refractivity contribution >= 4 is 18.0 Å². The van der Waals surface area contributed by atoms with E-state index in [9.17, 15) is 9.59 Å². The molecule has 29 heavy (non-hydrogen) atoms. The van der Waals surface area contributed by atoms with Gasteiger partial charge in [-0.1, -0.05) is 18.2 Å². The molecular formula is C23H27NO5. The summed E-state index contributed by atoms with van der Waals surface area (Å²) in [5.41, 5.74) is 3.84. The lowest BCUT2D eigenvalue weighted by molar-refractivity contribution is -0.139. The predicted octanol–water partition coefficient (Wildman–Crippen LogP) is 3.74. The fourth-order valence-corrected chi connectivity index (χ4v) is 3.87. The summed E-state index contributed by atoms with van der Waals surface area (Å²) in [6.07, 6.45) is 1.67. The number of hydrogen-bond acceptors (Lipinski definition) is 6. The van der Waals surface area contributed by atoms with Crippen LogP contribution in [0.25, 0.3) is 6.08 Å². The normalized spacial score (nSPS) is 19.1. The average Bonchev–Trinajstić information content (AvgIpc) is 2.67. The van der Waals surface area contributed by atoms with Gasteiger partial charge in [-0.25, -0.2) is 9.59 Å². The quantitative estimate of drug-likeness (QED) is 0.763. The lowest BCUT2D eigenvalue weighted by atomic mass is 9.77. The van der Waals surface area contributed by atoms with E-state index in [1.165, 1.54) is 0 Å². The van der Waals surface area contributed by atoms with Crippen LogP contribution in [0.2, 0.25) is 0 Å². The summed E-state index contributed by atoms with van der Waals surface area (Å²) in [7, 11) is 0. The zero-order valence-electron chi connectivity index (χ0n) is 17.5. The van der Waals surface area contributed by atoms with Crippen molar-refractivity contribution < 1.29 is 23.8 Å². The Morgan fingerprint density at radius 1 is 1.00 bits per heavy atom. The van der Waals surface area contributed by atoms with Gasteiger partial charge in [-0.05, 0) is 52.3 Å². The summed E-state index contributed by atoms with van der Waals surface area (Å²) < 4.78 is 16.7. The van der Waals surface area contributed by atoms with Gasteiger partial charge >= 0.3 is 11.9 Å². The zero-order valence-corrected chi connectivity index (χ0v) is 17.5. The molecule has 3 rings (SSSR count). The van der Waals surface area contributed by atoms with Gasteiger partial charge in [-0.15, -0.1) is 0 Å². The smallest absolute Gasteiger partial charge is 0.336 e. The van der Waals surface area contributed by atoms with E-state index in [-0.39, 0.29) is 19.3 Å². The largest absolute Gasteiger partial charge is 0.486 e. The van der Waals surface area contributed by atoms with Crippen molar-refractivity contribution in [2.45, 2.75) is 40.7 Å². The molecular weight excluding hydrogens is 370 g/mol. The second-order valence-electron chi connectivity index (χ2n) is 7.02. The molecule has 1 atom stereocenters. The Bertz CT molecular complexity index is 885. The van der Waals surface area contributed by atoms with E-state index in [1.807, 2.05) is 51.1 Å². The van der Waals surface area contributed by atoms with Crippen LogP contribution in [0.3, 0.4) is 0 Å². The highest BCUT2D eigenvalue weighted by atomic mass is 16.5. The van der Waals surface area contributed by atoms with Crippen LogP contribution in [-0.4, -0.2) is 31.3 Å². The van der Waals surface area contributed by atoms with Crippen LogP contribution in [0, 0.1) is 5.92 Å². The van der Waals surface area contributed by atoms with Crippen molar-refractivity contribution in [3.05, 3.63) is 57.9 Å². The molecule has 0 bridgehead atoms. The Hall–Kier alpha value is -3.02. The van der Waals surface area contributed by atoms with Gasteiger partial charge in [-0.2, -0.15) is 0 Å². The summed E-state index contributed by atoms with van der Waals surface area (Å²) in [4.78, 5) is 25.8. The van der Waals surface area contributed by atoms with Crippen LogP contribution in [0.5, 0.6) is 5.75 Å². The first-order valence-electron chi connectivity index (χ1n) is 9.88. The molecule has 2 aliphatic heterocycles. The molecule has 2 aliphatic rings. The summed E-state index contributed by atoms with van der Waals surface area (Å²) in [5.74, 6) is -0.750. The van der Waals surface area contributed by atoms with Crippen molar-refractivity contribution in [1.82, 2.24) is 5.32 Å². The number of dihydropyridines is 1. The summed E-state index contributed by atoms with van der Waals surface area (Å²) >= 11 is 0. The van der Waals surface area contributed by atoms with Crippen molar-refractivity contribution in [3.8, 4) is 5.75 Å². The topological polar surface area (TPSA) is 73.9 Å². The van der Waals surface area contributed by atoms with Crippen LogP contribution in [0.4, 0.5) is 0 Å². The molecule has 0 fully saturated rings. The third-order valence-electron chi connectivity index (χ3n) is 5.10. The Morgan fingerprint density at radius 3 is 2.10 bits per heavy atom. The lowest BCUT2D eigenvalue weighted by Crippen LogP contribution is -2.38. The molecule has 6 heteroatoms. The van der Waals surface area contributed by atoms with Gasteiger partial charge in [0.15, 0.2) is 0 Å². The number of allylic oxidation sites excluding steroid dienone is 2. The predicted molar refractivity (Wildman–Crippen MR) is 110 cm³/mol. The monoisotopic (exact) mass is 397 g/mol. The van der Waals surface area contributed by atoms with Crippen LogP contribution < -0.4 is 10.1 Å². The molecule has 0 aliphatic carbocycles. The van der Waals surface area contributed by atoms with Crippen LogP contribution in [-0.2, 0) is 19.1 Å². The first-order chi connectivity index (χ1) is 13.9. The number of para-hydroxylation sites is 1. The summed E-state index contributed by atoms with van der Waals surface area (Å²) in [5, 5.41) is 3.15. The van der Waals surface area contributed by atoms with Crippen LogP contribution in [0.15, 0.2) is 52.4 Å². The Balaban J connectivity index is 2.19. The molecule has 0 amide bonds. The number of carbonyl (C=O) groups is 2. The van der Waals surface area contributed by atoms with Gasteiger partial charge in [-0.3, -0.25) is 0 Å². The Morgan fingerprint density at radius 2 is 1.55 bits per heavy atom. The molecule has 0 aromatic heterocycles. The number of hydrogen-bond donors (Lipinski definition) is 1. The number of nitrogens with one attached hydrogen (secondary N) is 1. The van der Waals surface area contributed by atoms with E-state index in [0.717, 1.165) is 16.9 Å². The van der Waals surface area contributed by atoms with Crippen LogP contribution >= 0.6 is 0 Å². The standard InChI is InChI=1S/C23H27NO5/c1-6-27-22(25)19-13(3)24-14(4)20(23(26)28-7-2)21(19)17-12-16-10-8-9-11-18(16)29-15(17)5/h8-12,15,21,24H,6-7H2,1-5H3/t15-/m1/s1. The van der Waals surface area contributed by atoms with Gasteiger partial charge in [0.1, 0.15) is 11.9 Å². The van der Waals surface area contributed by atoms with E-state index < -0.39 is 17.9 Å². The number of carbonyl (C=O) groups excluding carboxylic acids is 2. The Labute approximate surface area is 171 Å². The van der Waals surface area contributed by atoms with Crippen LogP contribution in [0.1, 0.15) is 40.2 Å². The molecule has 6 nitrogen and oxygen atoms in total. The van der Waals surface area contributed by atoms with Gasteiger partial charge in [0, 0.05) is 17.0 Å². The molecule has 1 aromatic rings. The van der Waals surface area contributed by atoms with E-state index in [0.29, 0.717) is 22.5 Å². The molecule has 0 saturated carbocycles. The minimum absolute atomic E-state index is 0.244. The van der Waals surface area contributed by atoms with E-state index in [4.69, 9.17) is 14.2 Å². The SMILES string of the molecule is CCOC(=O)C1=C(C)NC(C)=C(C(=O)OCC)C1C1=Cc2ccccc2O[C@@H]1C. The fraction of sp³-hybridized carbons (Fsp3) is 0.391. The maximum Gasteiger partial charge on any atom is 0.336 e. The maximum atomic E-state index is 12.9. The highest BCUT2D eigenvalue weighted by Crippen LogP contribution is 2.42. The van der Waals surface area contributed by atoms with Crippen molar-refractivity contribution in [2.24, 2.45) is 5.92 Å². The molecule has 154 valence electrons. The maximum absolute atomic E-state index is 12.9. The number of fused-ring (bicyclic) bond motifs is 1. The zero-order chi connectivity index (χ0) is 21.1. The summed E-state index contributed by atoms with van der Waals surface area (Å²) in [6.45, 7) is 9.55. The molecule has 1 aromatic carbocycles. The number of benzene rings is 1. The number of ether oxygens (including phenoxy) is 3. The second-order valence-corrected chi connectivity index (χ2v) is 7.02. The van der Waals surface area contributed by atoms with E-state index >= 15 is 0 Å². The number of rotatable bonds is 5. The first-order valence-corrected chi connectivity index (χ1v) is 9.88. The van der Waals surface area contributed by atoms with Gasteiger partial charge in [0.2, 0.25) is 0 Å². The molecule has 0 unspecified atom stereocenters. The van der Waals surface area contributed by atoms with Gasteiger partial charge in [0.05, 0.1) is 30.3 Å².